The van der Waals surface area contributed by atoms with Crippen LogP contribution >= 0.6 is 11.5 Å². The van der Waals surface area contributed by atoms with Crippen molar-refractivity contribution in [2.45, 2.75) is 13.8 Å². The summed E-state index contributed by atoms with van der Waals surface area (Å²) < 4.78 is 4.11. The monoisotopic (exact) mass is 229 g/mol. The predicted octanol–water partition coefficient (Wildman–Crippen LogP) is 1.89. The zero-order valence-corrected chi connectivity index (χ0v) is 10.2. The van der Waals surface area contributed by atoms with E-state index in [1.807, 2.05) is 19.9 Å². The molecule has 0 saturated carbocycles. The van der Waals surface area contributed by atoms with Gasteiger partial charge >= 0.3 is 6.03 Å². The Morgan fingerprint density at radius 2 is 2.27 bits per heavy atom. The maximum Gasteiger partial charge on any atom is 0.348 e. The van der Waals surface area contributed by atoms with Crippen molar-refractivity contribution in [1.82, 2.24) is 9.44 Å². The summed E-state index contributed by atoms with van der Waals surface area (Å²) in [4.78, 5) is 18.3. The first-order valence-corrected chi connectivity index (χ1v) is 5.41. The van der Waals surface area contributed by atoms with Crippen LogP contribution in [-0.2, 0) is 4.84 Å². The van der Waals surface area contributed by atoms with Gasteiger partial charge in [0.15, 0.2) is 0 Å². The number of hydrogen-bond acceptors (Lipinski definition) is 4. The number of rotatable bonds is 3. The molecular weight excluding hydrogens is 214 g/mol. The third kappa shape index (κ3) is 2.90. The van der Waals surface area contributed by atoms with Crippen molar-refractivity contribution in [2.24, 2.45) is 0 Å². The lowest BCUT2D eigenvalue weighted by molar-refractivity contribution is -0.0896. The van der Waals surface area contributed by atoms with Gasteiger partial charge in [0.25, 0.3) is 0 Å². The van der Waals surface area contributed by atoms with E-state index in [0.29, 0.717) is 6.61 Å². The van der Waals surface area contributed by atoms with E-state index in [0.717, 1.165) is 10.7 Å². The summed E-state index contributed by atoms with van der Waals surface area (Å²) in [7, 11) is 3.29. The molecule has 0 aliphatic heterocycles. The molecule has 0 unspecified atom stereocenters. The van der Waals surface area contributed by atoms with Crippen LogP contribution in [-0.4, -0.2) is 36.2 Å². The molecule has 15 heavy (non-hydrogen) atoms. The molecule has 0 N–H and O–H groups in total. The minimum absolute atomic E-state index is 0.208. The highest BCUT2D eigenvalue weighted by atomic mass is 32.1. The summed E-state index contributed by atoms with van der Waals surface area (Å²) in [5, 5.41) is 2.03. The SMILES string of the molecule is CCON(C)C(=O)N(C)c1cc(C)ns1. The van der Waals surface area contributed by atoms with E-state index in [2.05, 4.69) is 4.37 Å². The van der Waals surface area contributed by atoms with Gasteiger partial charge in [-0.1, -0.05) is 0 Å². The van der Waals surface area contributed by atoms with Crippen molar-refractivity contribution in [3.05, 3.63) is 11.8 Å². The largest absolute Gasteiger partial charge is 0.348 e. The summed E-state index contributed by atoms with van der Waals surface area (Å²) in [5.41, 5.74) is 0.911. The molecule has 1 aromatic rings. The summed E-state index contributed by atoms with van der Waals surface area (Å²) in [5.74, 6) is 0. The minimum atomic E-state index is -0.208. The molecule has 0 aliphatic rings. The molecule has 0 atom stereocenters. The van der Waals surface area contributed by atoms with Crippen LogP contribution in [0.25, 0.3) is 0 Å². The van der Waals surface area contributed by atoms with Crippen molar-refractivity contribution in [1.29, 1.82) is 0 Å². The first-order valence-electron chi connectivity index (χ1n) is 4.64. The van der Waals surface area contributed by atoms with Gasteiger partial charge in [0, 0.05) is 14.1 Å². The van der Waals surface area contributed by atoms with Crippen LogP contribution in [0, 0.1) is 6.92 Å². The van der Waals surface area contributed by atoms with Gasteiger partial charge in [-0.15, -0.1) is 0 Å². The van der Waals surface area contributed by atoms with E-state index in [1.54, 1.807) is 14.1 Å². The Morgan fingerprint density at radius 3 is 2.73 bits per heavy atom. The van der Waals surface area contributed by atoms with Crippen molar-refractivity contribution in [3.8, 4) is 0 Å². The lowest BCUT2D eigenvalue weighted by Gasteiger charge is -2.22. The molecule has 0 radical (unpaired) electrons. The van der Waals surface area contributed by atoms with Crippen molar-refractivity contribution < 1.29 is 9.63 Å². The number of hydrogen-bond donors (Lipinski definition) is 0. The maximum atomic E-state index is 11.7. The Morgan fingerprint density at radius 1 is 1.60 bits per heavy atom. The van der Waals surface area contributed by atoms with Crippen LogP contribution in [0.1, 0.15) is 12.6 Å². The lowest BCUT2D eigenvalue weighted by Crippen LogP contribution is -2.38. The van der Waals surface area contributed by atoms with E-state index in [9.17, 15) is 4.79 Å². The van der Waals surface area contributed by atoms with Gasteiger partial charge in [-0.05, 0) is 31.4 Å². The van der Waals surface area contributed by atoms with Crippen molar-refractivity contribution in [2.75, 3.05) is 25.6 Å². The van der Waals surface area contributed by atoms with Crippen LogP contribution in [0.15, 0.2) is 6.07 Å². The van der Waals surface area contributed by atoms with Gasteiger partial charge in [0.05, 0.1) is 12.3 Å². The molecule has 0 fully saturated rings. The topological polar surface area (TPSA) is 45.7 Å². The van der Waals surface area contributed by atoms with Crippen LogP contribution in [0.4, 0.5) is 9.80 Å². The normalized spacial score (nSPS) is 10.1. The zero-order valence-electron chi connectivity index (χ0n) is 9.35. The van der Waals surface area contributed by atoms with Gasteiger partial charge < -0.3 is 0 Å². The highest BCUT2D eigenvalue weighted by Gasteiger charge is 2.17. The Bertz CT molecular complexity index is 340. The van der Waals surface area contributed by atoms with Crippen LogP contribution in [0.2, 0.25) is 0 Å². The minimum Gasteiger partial charge on any atom is -0.285 e. The second kappa shape index (κ2) is 5.09. The van der Waals surface area contributed by atoms with Gasteiger partial charge in [0.1, 0.15) is 5.00 Å². The molecule has 6 heteroatoms. The smallest absolute Gasteiger partial charge is 0.285 e. The Labute approximate surface area is 93.4 Å². The summed E-state index contributed by atoms with van der Waals surface area (Å²) in [6.45, 7) is 4.20. The number of amides is 2. The van der Waals surface area contributed by atoms with Crippen molar-refractivity contribution in [3.63, 3.8) is 0 Å². The predicted molar refractivity (Wildman–Crippen MR) is 60.0 cm³/mol. The number of aromatic nitrogens is 1. The summed E-state index contributed by atoms with van der Waals surface area (Å²) in [6, 6.07) is 1.66. The average molecular weight is 229 g/mol. The number of carbonyl (C=O) groups excluding carboxylic acids is 1. The first kappa shape index (κ1) is 11.9. The third-order valence-corrected chi connectivity index (χ3v) is 2.78. The molecule has 0 spiro atoms. The third-order valence-electron chi connectivity index (χ3n) is 1.83. The highest BCUT2D eigenvalue weighted by molar-refractivity contribution is 7.10. The van der Waals surface area contributed by atoms with Gasteiger partial charge in [-0.25, -0.2) is 9.86 Å². The molecule has 5 nitrogen and oxygen atoms in total. The van der Waals surface area contributed by atoms with E-state index in [1.165, 1.54) is 21.5 Å². The van der Waals surface area contributed by atoms with Crippen LogP contribution in [0.3, 0.4) is 0 Å². The molecule has 2 amide bonds. The fourth-order valence-electron chi connectivity index (χ4n) is 1.06. The average Bonchev–Trinajstić information content (AvgIpc) is 2.63. The molecule has 1 aromatic heterocycles. The number of hydroxylamine groups is 2. The molecule has 1 rings (SSSR count). The Balaban J connectivity index is 2.68. The van der Waals surface area contributed by atoms with Gasteiger partial charge in [-0.3, -0.25) is 9.74 Å². The van der Waals surface area contributed by atoms with Crippen molar-refractivity contribution >= 4 is 22.6 Å². The molecule has 0 aliphatic carbocycles. The summed E-state index contributed by atoms with van der Waals surface area (Å²) >= 11 is 1.29. The van der Waals surface area contributed by atoms with Gasteiger partial charge in [-0.2, -0.15) is 4.37 Å². The molecule has 0 saturated heterocycles. The standard InChI is InChI=1S/C9H15N3O2S/c1-5-14-12(4)9(13)11(3)8-6-7(2)10-15-8/h6H,5H2,1-4H3. The first-order chi connectivity index (χ1) is 7.06. The highest BCUT2D eigenvalue weighted by Crippen LogP contribution is 2.20. The molecule has 0 aromatic carbocycles. The second-order valence-electron chi connectivity index (χ2n) is 3.06. The number of aryl methyl sites for hydroxylation is 1. The molecular formula is C9H15N3O2S. The zero-order chi connectivity index (χ0) is 11.4. The van der Waals surface area contributed by atoms with Crippen LogP contribution < -0.4 is 4.90 Å². The van der Waals surface area contributed by atoms with E-state index >= 15 is 0 Å². The maximum absolute atomic E-state index is 11.7. The van der Waals surface area contributed by atoms with E-state index in [-0.39, 0.29) is 6.03 Å². The van der Waals surface area contributed by atoms with E-state index < -0.39 is 0 Å². The Kier molecular flexibility index (Phi) is 4.05. The fourth-order valence-corrected chi connectivity index (χ4v) is 1.78. The van der Waals surface area contributed by atoms with E-state index in [4.69, 9.17) is 4.84 Å². The second-order valence-corrected chi connectivity index (χ2v) is 3.85. The quantitative estimate of drug-likeness (QED) is 0.743. The molecule has 0 bridgehead atoms. The molecule has 1 heterocycles. The number of carbonyl (C=O) groups is 1. The fraction of sp³-hybridized carbons (Fsp3) is 0.556. The molecule has 84 valence electrons. The van der Waals surface area contributed by atoms with Gasteiger partial charge in [0.2, 0.25) is 0 Å². The Hall–Kier alpha value is -1.14. The summed E-state index contributed by atoms with van der Waals surface area (Å²) in [6.07, 6.45) is 0. The van der Waals surface area contributed by atoms with Crippen LogP contribution in [0.5, 0.6) is 0 Å². The number of anilines is 1. The lowest BCUT2D eigenvalue weighted by atomic mass is 10.5. The number of urea groups is 1. The number of nitrogens with zero attached hydrogens (tertiary/aromatic N) is 3.